The average molecular weight is 288 g/mol. The molecule has 0 bridgehead atoms. The van der Waals surface area contributed by atoms with Crippen molar-refractivity contribution in [2.45, 2.75) is 33.5 Å². The Kier molecular flexibility index (Phi) is 5.99. The van der Waals surface area contributed by atoms with E-state index in [1.54, 1.807) is 0 Å². The molecule has 0 heterocycles. The van der Waals surface area contributed by atoms with Gasteiger partial charge in [-0.25, -0.2) is 0 Å². The van der Waals surface area contributed by atoms with Gasteiger partial charge in [-0.05, 0) is 30.7 Å². The lowest BCUT2D eigenvalue weighted by atomic mass is 10.1. The number of rotatable bonds is 5. The van der Waals surface area contributed by atoms with E-state index in [0.29, 0.717) is 6.61 Å². The summed E-state index contributed by atoms with van der Waals surface area (Å²) in [6.07, 6.45) is 1.96. The molecule has 0 fully saturated rings. The Labute approximate surface area is 123 Å². The van der Waals surface area contributed by atoms with E-state index in [4.69, 9.17) is 4.74 Å². The zero-order valence-corrected chi connectivity index (χ0v) is 14.1. The van der Waals surface area contributed by atoms with Crippen molar-refractivity contribution in [1.82, 2.24) is 0 Å². The van der Waals surface area contributed by atoms with Crippen LogP contribution in [0.1, 0.15) is 19.4 Å². The van der Waals surface area contributed by atoms with Gasteiger partial charge in [0.15, 0.2) is 0 Å². The second kappa shape index (κ2) is 7.27. The molecular weight excluding hydrogens is 264 g/mol. The first-order chi connectivity index (χ1) is 9.36. The van der Waals surface area contributed by atoms with Crippen LogP contribution in [0, 0.1) is 5.92 Å². The highest BCUT2D eigenvalue weighted by Gasteiger charge is 2.29. The quantitative estimate of drug-likeness (QED) is 0.459. The summed E-state index contributed by atoms with van der Waals surface area (Å²) >= 11 is 0. The number of hydrogen-bond donors (Lipinski definition) is 0. The van der Waals surface area contributed by atoms with Gasteiger partial charge in [0, 0.05) is 0 Å². The third-order valence-corrected chi connectivity index (χ3v) is 5.27. The minimum atomic E-state index is -1.62. The highest BCUT2D eigenvalue weighted by molar-refractivity contribution is 6.83. The number of benzene rings is 1. The van der Waals surface area contributed by atoms with E-state index in [0.717, 1.165) is 10.8 Å². The van der Waals surface area contributed by atoms with Gasteiger partial charge in [0.05, 0.1) is 20.6 Å². The van der Waals surface area contributed by atoms with Crippen molar-refractivity contribution in [1.29, 1.82) is 0 Å². The maximum atomic E-state index is 12.0. The number of carbonyl (C=O) groups excluding carboxylic acids is 1. The Bertz CT molecular complexity index is 506. The van der Waals surface area contributed by atoms with Gasteiger partial charge in [-0.15, -0.1) is 5.73 Å². The first-order valence-corrected chi connectivity index (χ1v) is 10.5. The Morgan fingerprint density at radius 3 is 2.40 bits per heavy atom. The SMILES string of the molecule is CCOC(=O)[C@H](C)C(=C=Cc1ccccc1)[Si](C)(C)C. The molecule has 0 aromatic heterocycles. The van der Waals surface area contributed by atoms with Gasteiger partial charge in [0.2, 0.25) is 0 Å². The number of esters is 1. The average Bonchev–Trinajstić information content (AvgIpc) is 2.38. The first-order valence-electron chi connectivity index (χ1n) is 7.05. The summed E-state index contributed by atoms with van der Waals surface area (Å²) in [7, 11) is -1.62. The van der Waals surface area contributed by atoms with Gasteiger partial charge in [-0.1, -0.05) is 50.0 Å². The Morgan fingerprint density at radius 1 is 1.30 bits per heavy atom. The minimum Gasteiger partial charge on any atom is -0.466 e. The second-order valence-electron chi connectivity index (χ2n) is 5.84. The zero-order valence-electron chi connectivity index (χ0n) is 13.1. The molecule has 0 aliphatic rings. The van der Waals surface area contributed by atoms with Crippen molar-refractivity contribution < 1.29 is 9.53 Å². The molecular formula is C17H24O2Si. The molecule has 1 rings (SSSR count). The number of ether oxygens (including phenoxy) is 1. The molecule has 0 saturated carbocycles. The summed E-state index contributed by atoms with van der Waals surface area (Å²) in [6, 6.07) is 10.0. The second-order valence-corrected chi connectivity index (χ2v) is 10.9. The number of hydrogen-bond acceptors (Lipinski definition) is 2. The van der Waals surface area contributed by atoms with E-state index in [1.807, 2.05) is 50.3 Å². The smallest absolute Gasteiger partial charge is 0.313 e. The first kappa shape index (κ1) is 16.5. The highest BCUT2D eigenvalue weighted by atomic mass is 28.3. The fourth-order valence-electron chi connectivity index (χ4n) is 2.09. The van der Waals surface area contributed by atoms with Gasteiger partial charge in [0.1, 0.15) is 0 Å². The highest BCUT2D eigenvalue weighted by Crippen LogP contribution is 2.23. The molecule has 1 aromatic carbocycles. The molecule has 0 N–H and O–H groups in total. The third-order valence-electron chi connectivity index (χ3n) is 3.08. The molecule has 0 spiro atoms. The van der Waals surface area contributed by atoms with Crippen LogP contribution in [-0.4, -0.2) is 20.7 Å². The fourth-order valence-corrected chi connectivity index (χ4v) is 4.01. The molecule has 20 heavy (non-hydrogen) atoms. The van der Waals surface area contributed by atoms with Gasteiger partial charge in [-0.2, -0.15) is 0 Å². The molecule has 0 aliphatic carbocycles. The predicted molar refractivity (Wildman–Crippen MR) is 87.1 cm³/mol. The van der Waals surface area contributed by atoms with E-state index < -0.39 is 8.07 Å². The van der Waals surface area contributed by atoms with Gasteiger partial charge >= 0.3 is 5.97 Å². The summed E-state index contributed by atoms with van der Waals surface area (Å²) in [5.41, 5.74) is 4.46. The van der Waals surface area contributed by atoms with Crippen molar-refractivity contribution in [2.24, 2.45) is 5.92 Å². The molecule has 3 heteroatoms. The van der Waals surface area contributed by atoms with Crippen LogP contribution in [0.3, 0.4) is 0 Å². The summed E-state index contributed by atoms with van der Waals surface area (Å²) in [6.45, 7) is 10.8. The van der Waals surface area contributed by atoms with E-state index in [1.165, 1.54) is 0 Å². The van der Waals surface area contributed by atoms with Gasteiger partial charge < -0.3 is 4.74 Å². The monoisotopic (exact) mass is 288 g/mol. The van der Waals surface area contributed by atoms with Crippen molar-refractivity contribution in [3.63, 3.8) is 0 Å². The maximum Gasteiger partial charge on any atom is 0.313 e. The minimum absolute atomic E-state index is 0.154. The summed E-state index contributed by atoms with van der Waals surface area (Å²) in [4.78, 5) is 12.0. The van der Waals surface area contributed by atoms with E-state index in [2.05, 4.69) is 25.4 Å². The van der Waals surface area contributed by atoms with Crippen molar-refractivity contribution >= 4 is 20.1 Å². The lowest BCUT2D eigenvalue weighted by Gasteiger charge is -2.23. The standard InChI is InChI=1S/C17H24O2Si/c1-6-19-17(18)14(2)16(20(3,4)5)13-12-15-10-8-7-9-11-15/h7-12,14H,6H2,1-5H3/t13?,14-/m1/s1. The normalized spacial score (nSPS) is 12.2. The van der Waals surface area contributed by atoms with E-state index >= 15 is 0 Å². The molecule has 0 radical (unpaired) electrons. The van der Waals surface area contributed by atoms with Crippen LogP contribution in [-0.2, 0) is 9.53 Å². The van der Waals surface area contributed by atoms with Crippen molar-refractivity contribution in [3.05, 3.63) is 46.8 Å². The molecule has 1 aromatic rings. The van der Waals surface area contributed by atoms with Crippen LogP contribution in [0.25, 0.3) is 6.08 Å². The largest absolute Gasteiger partial charge is 0.466 e. The molecule has 108 valence electrons. The van der Waals surface area contributed by atoms with E-state index in [-0.39, 0.29) is 11.9 Å². The Balaban J connectivity index is 3.14. The van der Waals surface area contributed by atoms with Crippen LogP contribution in [0.15, 0.2) is 41.3 Å². The molecule has 0 amide bonds. The van der Waals surface area contributed by atoms with Crippen LogP contribution in [0.4, 0.5) is 0 Å². The molecule has 0 saturated heterocycles. The zero-order chi connectivity index (χ0) is 15.2. The third kappa shape index (κ3) is 4.84. The lowest BCUT2D eigenvalue weighted by molar-refractivity contribution is -0.145. The molecule has 2 nitrogen and oxygen atoms in total. The topological polar surface area (TPSA) is 26.3 Å². The summed E-state index contributed by atoms with van der Waals surface area (Å²) in [5, 5.41) is 1.10. The lowest BCUT2D eigenvalue weighted by Crippen LogP contribution is -2.32. The Hall–Kier alpha value is -1.57. The number of carbonyl (C=O) groups is 1. The van der Waals surface area contributed by atoms with Crippen LogP contribution < -0.4 is 0 Å². The van der Waals surface area contributed by atoms with Crippen molar-refractivity contribution in [3.8, 4) is 0 Å². The van der Waals surface area contributed by atoms with E-state index in [9.17, 15) is 4.79 Å². The summed E-state index contributed by atoms with van der Waals surface area (Å²) in [5.74, 6) is -0.375. The van der Waals surface area contributed by atoms with Gasteiger partial charge in [0.25, 0.3) is 0 Å². The van der Waals surface area contributed by atoms with Crippen LogP contribution in [0.2, 0.25) is 19.6 Å². The van der Waals surface area contributed by atoms with Crippen LogP contribution in [0.5, 0.6) is 0 Å². The van der Waals surface area contributed by atoms with Gasteiger partial charge in [-0.3, -0.25) is 4.79 Å². The molecule has 0 unspecified atom stereocenters. The molecule has 1 atom stereocenters. The predicted octanol–water partition coefficient (Wildman–Crippen LogP) is 4.30. The maximum absolute atomic E-state index is 12.0. The van der Waals surface area contributed by atoms with Crippen LogP contribution >= 0.6 is 0 Å². The molecule has 0 aliphatic heterocycles. The fraction of sp³-hybridized carbons (Fsp3) is 0.412. The van der Waals surface area contributed by atoms with Crippen molar-refractivity contribution in [2.75, 3.05) is 6.61 Å². The Morgan fingerprint density at radius 2 is 1.90 bits per heavy atom. The summed E-state index contributed by atoms with van der Waals surface area (Å²) < 4.78 is 5.14.